The first-order valence-electron chi connectivity index (χ1n) is 10.7. The Balaban J connectivity index is 1.35. The van der Waals surface area contributed by atoms with Crippen molar-refractivity contribution in [2.45, 2.75) is 18.9 Å². The molecule has 1 saturated heterocycles. The number of hydrogen-bond acceptors (Lipinski definition) is 3. The largest absolute Gasteiger partial charge is 0.352 e. The molecule has 0 unspecified atom stereocenters. The molecule has 6 nitrogen and oxygen atoms in total. The highest BCUT2D eigenvalue weighted by Crippen LogP contribution is 2.27. The maximum absolute atomic E-state index is 12.6. The van der Waals surface area contributed by atoms with Crippen LogP contribution in [0.15, 0.2) is 84.9 Å². The second kappa shape index (κ2) is 9.92. The van der Waals surface area contributed by atoms with Crippen molar-refractivity contribution in [1.29, 1.82) is 0 Å². The van der Waals surface area contributed by atoms with Crippen LogP contribution in [0.4, 0.5) is 4.79 Å². The molecule has 4 rings (SSSR count). The lowest BCUT2D eigenvalue weighted by Gasteiger charge is -2.18. The topological polar surface area (TPSA) is 78.5 Å². The van der Waals surface area contributed by atoms with Crippen molar-refractivity contribution in [2.24, 2.45) is 0 Å². The van der Waals surface area contributed by atoms with Crippen molar-refractivity contribution in [3.63, 3.8) is 0 Å². The Labute approximate surface area is 187 Å². The van der Waals surface area contributed by atoms with Gasteiger partial charge in [0.25, 0.3) is 5.91 Å². The zero-order chi connectivity index (χ0) is 22.3. The van der Waals surface area contributed by atoms with Crippen LogP contribution >= 0.6 is 0 Å². The van der Waals surface area contributed by atoms with Crippen molar-refractivity contribution in [3.8, 4) is 0 Å². The highest BCUT2D eigenvalue weighted by atomic mass is 16.2. The van der Waals surface area contributed by atoms with Gasteiger partial charge in [0.05, 0.1) is 13.1 Å². The SMILES string of the molecule is O=C(NCCC(c1ccccc1)c1ccccc1)c1ccc(CN2C(=O)CNC2=O)cc1. The summed E-state index contributed by atoms with van der Waals surface area (Å²) in [6.07, 6.45) is 0.782. The lowest BCUT2D eigenvalue weighted by Crippen LogP contribution is -2.30. The summed E-state index contributed by atoms with van der Waals surface area (Å²) in [5, 5.41) is 5.51. The van der Waals surface area contributed by atoms with E-state index in [-0.39, 0.29) is 36.9 Å². The van der Waals surface area contributed by atoms with Gasteiger partial charge in [-0.15, -0.1) is 0 Å². The smallest absolute Gasteiger partial charge is 0.324 e. The van der Waals surface area contributed by atoms with E-state index in [2.05, 4.69) is 34.9 Å². The first-order valence-corrected chi connectivity index (χ1v) is 10.7. The predicted molar refractivity (Wildman–Crippen MR) is 122 cm³/mol. The number of urea groups is 1. The van der Waals surface area contributed by atoms with Gasteiger partial charge in [-0.3, -0.25) is 14.5 Å². The number of imide groups is 1. The predicted octanol–water partition coefficient (Wildman–Crippen LogP) is 3.69. The molecule has 0 spiro atoms. The molecule has 0 aromatic heterocycles. The van der Waals surface area contributed by atoms with Gasteiger partial charge in [0.1, 0.15) is 0 Å². The van der Waals surface area contributed by atoms with Crippen LogP contribution < -0.4 is 10.6 Å². The van der Waals surface area contributed by atoms with Gasteiger partial charge < -0.3 is 10.6 Å². The molecule has 3 aromatic rings. The molecule has 0 atom stereocenters. The lowest BCUT2D eigenvalue weighted by atomic mass is 9.88. The van der Waals surface area contributed by atoms with E-state index in [1.807, 2.05) is 36.4 Å². The molecular weight excluding hydrogens is 402 g/mol. The Morgan fingerprint density at radius 3 is 2.00 bits per heavy atom. The summed E-state index contributed by atoms with van der Waals surface area (Å²) in [5.41, 5.74) is 3.78. The third-order valence-electron chi connectivity index (χ3n) is 5.62. The van der Waals surface area contributed by atoms with Crippen LogP contribution in [0.5, 0.6) is 0 Å². The third-order valence-corrected chi connectivity index (χ3v) is 5.62. The van der Waals surface area contributed by atoms with Crippen molar-refractivity contribution in [1.82, 2.24) is 15.5 Å². The fraction of sp³-hybridized carbons (Fsp3) is 0.192. The second-order valence-electron chi connectivity index (χ2n) is 7.75. The zero-order valence-electron chi connectivity index (χ0n) is 17.7. The Hall–Kier alpha value is -3.93. The molecule has 162 valence electrons. The maximum Gasteiger partial charge on any atom is 0.324 e. The van der Waals surface area contributed by atoms with E-state index in [0.29, 0.717) is 12.1 Å². The normalized spacial score (nSPS) is 13.3. The molecule has 1 heterocycles. The van der Waals surface area contributed by atoms with E-state index in [9.17, 15) is 14.4 Å². The van der Waals surface area contributed by atoms with Crippen molar-refractivity contribution >= 4 is 17.8 Å². The number of carbonyl (C=O) groups is 3. The Kier molecular flexibility index (Phi) is 6.60. The van der Waals surface area contributed by atoms with E-state index < -0.39 is 0 Å². The van der Waals surface area contributed by atoms with Crippen LogP contribution in [0.25, 0.3) is 0 Å². The van der Waals surface area contributed by atoms with Gasteiger partial charge in [0.15, 0.2) is 0 Å². The molecule has 0 saturated carbocycles. The molecule has 32 heavy (non-hydrogen) atoms. The molecule has 1 fully saturated rings. The number of rotatable bonds is 8. The fourth-order valence-electron chi connectivity index (χ4n) is 3.89. The number of nitrogens with one attached hydrogen (secondary N) is 2. The molecule has 1 aliphatic rings. The van der Waals surface area contributed by atoms with Gasteiger partial charge in [-0.05, 0) is 35.2 Å². The molecule has 0 bridgehead atoms. The lowest BCUT2D eigenvalue weighted by molar-refractivity contribution is -0.125. The van der Waals surface area contributed by atoms with Gasteiger partial charge in [0.2, 0.25) is 5.91 Å². The first kappa shape index (κ1) is 21.3. The van der Waals surface area contributed by atoms with Crippen LogP contribution in [-0.2, 0) is 11.3 Å². The highest BCUT2D eigenvalue weighted by molar-refractivity contribution is 6.01. The van der Waals surface area contributed by atoms with Gasteiger partial charge in [-0.25, -0.2) is 4.79 Å². The van der Waals surface area contributed by atoms with Crippen molar-refractivity contribution in [2.75, 3.05) is 13.1 Å². The Bertz CT molecular complexity index is 1030. The van der Waals surface area contributed by atoms with E-state index in [1.165, 1.54) is 16.0 Å². The Morgan fingerprint density at radius 2 is 1.47 bits per heavy atom. The number of amides is 4. The van der Waals surface area contributed by atoms with Crippen LogP contribution in [0.1, 0.15) is 39.4 Å². The van der Waals surface area contributed by atoms with Crippen molar-refractivity contribution in [3.05, 3.63) is 107 Å². The molecule has 3 aromatic carbocycles. The standard InChI is InChI=1S/C26H25N3O3/c30-24-17-28-26(32)29(24)18-19-11-13-22(14-12-19)25(31)27-16-15-23(20-7-3-1-4-8-20)21-9-5-2-6-10-21/h1-14,23H,15-18H2,(H,27,31)(H,28,32). The van der Waals surface area contributed by atoms with E-state index >= 15 is 0 Å². The van der Waals surface area contributed by atoms with Gasteiger partial charge in [-0.1, -0.05) is 72.8 Å². The summed E-state index contributed by atoms with van der Waals surface area (Å²) in [7, 11) is 0. The first-order chi connectivity index (χ1) is 15.6. The summed E-state index contributed by atoms with van der Waals surface area (Å²) in [6.45, 7) is 0.770. The molecule has 1 aliphatic heterocycles. The van der Waals surface area contributed by atoms with E-state index in [4.69, 9.17) is 0 Å². The summed E-state index contributed by atoms with van der Waals surface area (Å²) in [6, 6.07) is 27.2. The van der Waals surface area contributed by atoms with E-state index in [0.717, 1.165) is 12.0 Å². The summed E-state index contributed by atoms with van der Waals surface area (Å²) >= 11 is 0. The quantitative estimate of drug-likeness (QED) is 0.538. The number of hydrogen-bond donors (Lipinski definition) is 2. The maximum atomic E-state index is 12.6. The molecule has 6 heteroatoms. The zero-order valence-corrected chi connectivity index (χ0v) is 17.7. The van der Waals surface area contributed by atoms with E-state index in [1.54, 1.807) is 24.3 Å². The Morgan fingerprint density at radius 1 is 0.875 bits per heavy atom. The molecule has 0 radical (unpaired) electrons. The summed E-state index contributed by atoms with van der Waals surface area (Å²) in [5.74, 6) is -0.196. The second-order valence-corrected chi connectivity index (χ2v) is 7.75. The van der Waals surface area contributed by atoms with Gasteiger partial charge >= 0.3 is 6.03 Å². The van der Waals surface area contributed by atoms with Crippen LogP contribution in [0, 0.1) is 0 Å². The minimum Gasteiger partial charge on any atom is -0.352 e. The number of benzene rings is 3. The third kappa shape index (κ3) is 5.03. The van der Waals surface area contributed by atoms with Crippen LogP contribution in [-0.4, -0.2) is 35.8 Å². The number of nitrogens with zero attached hydrogens (tertiary/aromatic N) is 1. The molecule has 4 amide bonds. The average Bonchev–Trinajstić information content (AvgIpc) is 3.15. The molecular formula is C26H25N3O3. The number of carbonyl (C=O) groups excluding carboxylic acids is 3. The average molecular weight is 428 g/mol. The monoisotopic (exact) mass is 427 g/mol. The van der Waals surface area contributed by atoms with Gasteiger partial charge in [-0.2, -0.15) is 0 Å². The van der Waals surface area contributed by atoms with Crippen molar-refractivity contribution < 1.29 is 14.4 Å². The summed E-state index contributed by atoms with van der Waals surface area (Å²) in [4.78, 5) is 37.2. The highest BCUT2D eigenvalue weighted by Gasteiger charge is 2.28. The molecule has 2 N–H and O–H groups in total. The van der Waals surface area contributed by atoms with Crippen LogP contribution in [0.2, 0.25) is 0 Å². The minimum atomic E-state index is -0.386. The van der Waals surface area contributed by atoms with Crippen LogP contribution in [0.3, 0.4) is 0 Å². The summed E-state index contributed by atoms with van der Waals surface area (Å²) < 4.78 is 0. The fourth-order valence-corrected chi connectivity index (χ4v) is 3.89. The minimum absolute atomic E-state index is 0.0340. The molecule has 0 aliphatic carbocycles. The van der Waals surface area contributed by atoms with Gasteiger partial charge in [0, 0.05) is 18.0 Å².